The second-order valence-corrected chi connectivity index (χ2v) is 8.01. The molecule has 4 rings (SSSR count). The minimum Gasteiger partial charge on any atom is -0.325 e. The van der Waals surface area contributed by atoms with Crippen molar-refractivity contribution in [2.75, 3.05) is 5.32 Å². The molecule has 28 heavy (non-hydrogen) atoms. The van der Waals surface area contributed by atoms with Crippen LogP contribution in [0.1, 0.15) is 31.2 Å². The molecule has 3 heterocycles. The number of carbonyl (C=O) groups excluding carboxylic acids is 1. The molecule has 0 unspecified atom stereocenters. The maximum absolute atomic E-state index is 13.0. The molecule has 1 amide bonds. The second kappa shape index (κ2) is 7.16. The van der Waals surface area contributed by atoms with E-state index in [4.69, 9.17) is 0 Å². The Bertz CT molecular complexity index is 1240. The molecule has 0 saturated carbocycles. The summed E-state index contributed by atoms with van der Waals surface area (Å²) in [6, 6.07) is 11.5. The normalized spacial score (nSPS) is 11.4. The third-order valence-corrected chi connectivity index (χ3v) is 5.80. The Labute approximate surface area is 165 Å². The Balaban J connectivity index is 1.63. The topological polar surface area (TPSA) is 76.9 Å². The summed E-state index contributed by atoms with van der Waals surface area (Å²) >= 11 is 1.31. The van der Waals surface area contributed by atoms with E-state index in [0.717, 1.165) is 10.2 Å². The number of nitrogens with one attached hydrogen (secondary N) is 1. The molecule has 6 nitrogen and oxygen atoms in total. The van der Waals surface area contributed by atoms with E-state index in [2.05, 4.69) is 29.1 Å². The Morgan fingerprint density at radius 3 is 2.68 bits per heavy atom. The standard InChI is InChI=1S/C21H20N4O2S/c1-12(2)14-6-8-15(9-7-14)24-17(26)11-25-13(3)23-18-16-5-4-10-22-20(16)28-19(18)21(25)27/h4-10,12H,11H2,1-3H3,(H,24,26). The highest BCUT2D eigenvalue weighted by molar-refractivity contribution is 7.25. The third-order valence-electron chi connectivity index (χ3n) is 4.71. The number of carbonyl (C=O) groups is 1. The second-order valence-electron chi connectivity index (χ2n) is 7.01. The lowest BCUT2D eigenvalue weighted by molar-refractivity contribution is -0.116. The van der Waals surface area contributed by atoms with Gasteiger partial charge in [0.15, 0.2) is 0 Å². The van der Waals surface area contributed by atoms with E-state index < -0.39 is 0 Å². The summed E-state index contributed by atoms with van der Waals surface area (Å²) in [5, 5.41) is 3.72. The highest BCUT2D eigenvalue weighted by atomic mass is 32.1. The minimum atomic E-state index is -0.261. The molecule has 0 radical (unpaired) electrons. The lowest BCUT2D eigenvalue weighted by atomic mass is 10.0. The summed E-state index contributed by atoms with van der Waals surface area (Å²) in [6.07, 6.45) is 1.70. The first-order valence-corrected chi connectivity index (χ1v) is 9.90. The van der Waals surface area contributed by atoms with Crippen LogP contribution in [0.15, 0.2) is 47.4 Å². The molecule has 4 aromatic rings. The number of fused-ring (bicyclic) bond motifs is 3. The predicted molar refractivity (Wildman–Crippen MR) is 113 cm³/mol. The highest BCUT2D eigenvalue weighted by Crippen LogP contribution is 2.28. The molecule has 0 saturated heterocycles. The number of anilines is 1. The summed E-state index contributed by atoms with van der Waals surface area (Å²) < 4.78 is 1.93. The quantitative estimate of drug-likeness (QED) is 0.568. The number of nitrogens with zero attached hydrogens (tertiary/aromatic N) is 3. The molecule has 1 aromatic carbocycles. The van der Waals surface area contributed by atoms with Gasteiger partial charge in [-0.2, -0.15) is 0 Å². The van der Waals surface area contributed by atoms with Crippen LogP contribution in [-0.2, 0) is 11.3 Å². The van der Waals surface area contributed by atoms with E-state index in [1.165, 1.54) is 21.5 Å². The van der Waals surface area contributed by atoms with Crippen LogP contribution in [-0.4, -0.2) is 20.4 Å². The molecule has 0 fully saturated rings. The number of pyridine rings is 1. The maximum Gasteiger partial charge on any atom is 0.272 e. The van der Waals surface area contributed by atoms with Crippen LogP contribution >= 0.6 is 11.3 Å². The molecule has 0 aliphatic heterocycles. The van der Waals surface area contributed by atoms with E-state index in [0.29, 0.717) is 27.6 Å². The lowest BCUT2D eigenvalue weighted by Crippen LogP contribution is -2.29. The maximum atomic E-state index is 13.0. The SMILES string of the molecule is Cc1nc2c(sc3ncccc32)c(=O)n1CC(=O)Nc1ccc(C(C)C)cc1. The molecule has 0 spiro atoms. The van der Waals surface area contributed by atoms with Crippen LogP contribution in [0.3, 0.4) is 0 Å². The van der Waals surface area contributed by atoms with Crippen molar-refractivity contribution >= 4 is 43.4 Å². The van der Waals surface area contributed by atoms with Crippen molar-refractivity contribution in [2.24, 2.45) is 0 Å². The Hall–Kier alpha value is -3.06. The number of benzene rings is 1. The van der Waals surface area contributed by atoms with Gasteiger partial charge < -0.3 is 5.32 Å². The molecule has 1 N–H and O–H groups in total. The summed E-state index contributed by atoms with van der Waals surface area (Å²) in [5.74, 6) is 0.675. The van der Waals surface area contributed by atoms with Gasteiger partial charge in [-0.25, -0.2) is 9.97 Å². The van der Waals surface area contributed by atoms with Gasteiger partial charge in [-0.1, -0.05) is 26.0 Å². The summed E-state index contributed by atoms with van der Waals surface area (Å²) in [6.45, 7) is 5.90. The van der Waals surface area contributed by atoms with Crippen molar-refractivity contribution in [3.05, 3.63) is 64.3 Å². The van der Waals surface area contributed by atoms with Gasteiger partial charge in [0.1, 0.15) is 21.9 Å². The Kier molecular flexibility index (Phi) is 4.68. The number of aromatic nitrogens is 3. The van der Waals surface area contributed by atoms with Gasteiger partial charge in [-0.3, -0.25) is 14.2 Å². The van der Waals surface area contributed by atoms with Crippen LogP contribution in [0.4, 0.5) is 5.69 Å². The Morgan fingerprint density at radius 2 is 1.96 bits per heavy atom. The zero-order valence-electron chi connectivity index (χ0n) is 15.9. The molecule has 7 heteroatoms. The third kappa shape index (κ3) is 3.29. The van der Waals surface area contributed by atoms with Gasteiger partial charge >= 0.3 is 0 Å². The molecule has 3 aromatic heterocycles. The largest absolute Gasteiger partial charge is 0.325 e. The van der Waals surface area contributed by atoms with E-state index >= 15 is 0 Å². The summed E-state index contributed by atoms with van der Waals surface area (Å²) in [4.78, 5) is 35.1. The van der Waals surface area contributed by atoms with Gasteiger partial charge in [0.25, 0.3) is 5.56 Å². The van der Waals surface area contributed by atoms with Gasteiger partial charge in [-0.05, 0) is 42.7 Å². The first-order valence-electron chi connectivity index (χ1n) is 9.08. The molecule has 0 bridgehead atoms. The number of aryl methyl sites for hydroxylation is 1. The van der Waals surface area contributed by atoms with Crippen molar-refractivity contribution in [1.29, 1.82) is 0 Å². The van der Waals surface area contributed by atoms with Crippen molar-refractivity contribution in [3.63, 3.8) is 0 Å². The first kappa shape index (κ1) is 18.3. The van der Waals surface area contributed by atoms with E-state index in [9.17, 15) is 9.59 Å². The fraction of sp³-hybridized carbons (Fsp3) is 0.238. The van der Waals surface area contributed by atoms with E-state index in [-0.39, 0.29) is 18.0 Å². The number of rotatable bonds is 4. The van der Waals surface area contributed by atoms with Crippen molar-refractivity contribution in [1.82, 2.24) is 14.5 Å². The van der Waals surface area contributed by atoms with E-state index in [1.54, 1.807) is 13.1 Å². The van der Waals surface area contributed by atoms with Gasteiger partial charge in [0.2, 0.25) is 5.91 Å². The van der Waals surface area contributed by atoms with E-state index in [1.807, 2.05) is 36.4 Å². The monoisotopic (exact) mass is 392 g/mol. The van der Waals surface area contributed by atoms with Crippen molar-refractivity contribution in [3.8, 4) is 0 Å². The molecule has 0 aliphatic carbocycles. The van der Waals surface area contributed by atoms with Gasteiger partial charge in [0.05, 0.1) is 5.52 Å². The van der Waals surface area contributed by atoms with Crippen LogP contribution in [0, 0.1) is 6.92 Å². The molecule has 142 valence electrons. The average molecular weight is 392 g/mol. The summed E-state index contributed by atoms with van der Waals surface area (Å²) in [5.41, 5.74) is 2.35. The molecular weight excluding hydrogens is 372 g/mol. The highest BCUT2D eigenvalue weighted by Gasteiger charge is 2.16. The number of thiophene rings is 1. The van der Waals surface area contributed by atoms with Crippen molar-refractivity contribution in [2.45, 2.75) is 33.2 Å². The molecule has 0 atom stereocenters. The first-order chi connectivity index (χ1) is 13.4. The zero-order valence-corrected chi connectivity index (χ0v) is 16.7. The lowest BCUT2D eigenvalue weighted by Gasteiger charge is -2.11. The average Bonchev–Trinajstić information content (AvgIpc) is 3.04. The predicted octanol–water partition coefficient (Wildman–Crippen LogP) is 4.08. The summed E-state index contributed by atoms with van der Waals surface area (Å²) in [7, 11) is 0. The molecular formula is C21H20N4O2S. The number of hydrogen-bond donors (Lipinski definition) is 1. The van der Waals surface area contributed by atoms with Gasteiger partial charge in [0, 0.05) is 17.3 Å². The zero-order chi connectivity index (χ0) is 19.8. The number of hydrogen-bond acceptors (Lipinski definition) is 5. The van der Waals surface area contributed by atoms with Crippen LogP contribution < -0.4 is 10.9 Å². The van der Waals surface area contributed by atoms with Crippen molar-refractivity contribution < 1.29 is 4.79 Å². The van der Waals surface area contributed by atoms with Crippen LogP contribution in [0.2, 0.25) is 0 Å². The fourth-order valence-electron chi connectivity index (χ4n) is 3.15. The number of amides is 1. The van der Waals surface area contributed by atoms with Crippen LogP contribution in [0.5, 0.6) is 0 Å². The smallest absolute Gasteiger partial charge is 0.272 e. The molecule has 0 aliphatic rings. The fourth-order valence-corrected chi connectivity index (χ4v) is 4.18. The minimum absolute atomic E-state index is 0.0821. The van der Waals surface area contributed by atoms with Crippen LogP contribution in [0.25, 0.3) is 20.4 Å². The van der Waals surface area contributed by atoms with Gasteiger partial charge in [-0.15, -0.1) is 11.3 Å². The Morgan fingerprint density at radius 1 is 1.21 bits per heavy atom.